The third-order valence-electron chi connectivity index (χ3n) is 4.80. The van der Waals surface area contributed by atoms with Gasteiger partial charge in [-0.05, 0) is 45.6 Å². The van der Waals surface area contributed by atoms with E-state index in [9.17, 15) is 4.79 Å². The van der Waals surface area contributed by atoms with Crippen molar-refractivity contribution in [2.24, 2.45) is 11.3 Å². The number of ketones is 1. The maximum atomic E-state index is 11.7. The summed E-state index contributed by atoms with van der Waals surface area (Å²) >= 11 is 0. The zero-order valence-electron chi connectivity index (χ0n) is 8.42. The van der Waals surface area contributed by atoms with Crippen molar-refractivity contribution in [2.75, 3.05) is 7.05 Å². The SMILES string of the molecule is CC(=O)C12CC1CC1CCC2N1C. The van der Waals surface area contributed by atoms with Crippen molar-refractivity contribution < 1.29 is 4.79 Å². The Morgan fingerprint density at radius 1 is 1.46 bits per heavy atom. The molecule has 0 N–H and O–H groups in total. The monoisotopic (exact) mass is 179 g/mol. The van der Waals surface area contributed by atoms with Gasteiger partial charge in [0.2, 0.25) is 0 Å². The van der Waals surface area contributed by atoms with Crippen molar-refractivity contribution in [2.45, 2.75) is 44.7 Å². The molecular weight excluding hydrogens is 162 g/mol. The van der Waals surface area contributed by atoms with E-state index in [0.717, 1.165) is 12.0 Å². The van der Waals surface area contributed by atoms with Crippen LogP contribution in [0.4, 0.5) is 0 Å². The van der Waals surface area contributed by atoms with Crippen molar-refractivity contribution in [1.29, 1.82) is 0 Å². The Labute approximate surface area is 79.3 Å². The van der Waals surface area contributed by atoms with E-state index in [1.165, 1.54) is 25.7 Å². The minimum absolute atomic E-state index is 0.113. The van der Waals surface area contributed by atoms with Gasteiger partial charge in [-0.2, -0.15) is 0 Å². The van der Waals surface area contributed by atoms with E-state index < -0.39 is 0 Å². The molecule has 2 nitrogen and oxygen atoms in total. The molecule has 2 aliphatic heterocycles. The van der Waals surface area contributed by atoms with Gasteiger partial charge in [-0.3, -0.25) is 9.69 Å². The highest BCUT2D eigenvalue weighted by Crippen LogP contribution is 2.65. The predicted octanol–water partition coefficient (Wildman–Crippen LogP) is 1.45. The average Bonchev–Trinajstić information content (AvgIpc) is 2.68. The van der Waals surface area contributed by atoms with Gasteiger partial charge in [0.05, 0.1) is 0 Å². The zero-order chi connectivity index (χ0) is 9.22. The normalized spacial score (nSPS) is 53.2. The quantitative estimate of drug-likeness (QED) is 0.607. The van der Waals surface area contributed by atoms with Crippen LogP contribution in [0, 0.1) is 11.3 Å². The molecule has 3 fully saturated rings. The van der Waals surface area contributed by atoms with E-state index in [2.05, 4.69) is 11.9 Å². The van der Waals surface area contributed by atoms with Crippen LogP contribution in [-0.2, 0) is 4.79 Å². The molecule has 0 aromatic rings. The number of fused-ring (bicyclic) bond motifs is 4. The van der Waals surface area contributed by atoms with Crippen LogP contribution in [0.15, 0.2) is 0 Å². The number of hydrogen-bond donors (Lipinski definition) is 0. The first kappa shape index (κ1) is 7.98. The summed E-state index contributed by atoms with van der Waals surface area (Å²) in [5.74, 6) is 1.20. The number of carbonyl (C=O) groups is 1. The topological polar surface area (TPSA) is 20.3 Å². The predicted molar refractivity (Wildman–Crippen MR) is 50.4 cm³/mol. The highest BCUT2D eigenvalue weighted by atomic mass is 16.1. The largest absolute Gasteiger partial charge is 0.299 e. The first-order valence-electron chi connectivity index (χ1n) is 5.39. The van der Waals surface area contributed by atoms with Crippen LogP contribution in [0.2, 0.25) is 0 Å². The molecule has 1 saturated carbocycles. The molecule has 4 atom stereocenters. The van der Waals surface area contributed by atoms with Crippen molar-refractivity contribution in [3.05, 3.63) is 0 Å². The maximum absolute atomic E-state index is 11.7. The molecule has 3 aliphatic rings. The molecule has 0 aromatic carbocycles. The molecule has 13 heavy (non-hydrogen) atoms. The third kappa shape index (κ3) is 0.762. The number of piperidine rings is 1. The summed E-state index contributed by atoms with van der Waals surface area (Å²) in [7, 11) is 2.21. The lowest BCUT2D eigenvalue weighted by Gasteiger charge is -2.36. The molecule has 3 rings (SSSR count). The fourth-order valence-corrected chi connectivity index (χ4v) is 3.96. The van der Waals surface area contributed by atoms with Crippen LogP contribution in [0.1, 0.15) is 32.6 Å². The van der Waals surface area contributed by atoms with E-state index in [0.29, 0.717) is 11.8 Å². The van der Waals surface area contributed by atoms with E-state index in [1.54, 1.807) is 6.92 Å². The molecule has 4 unspecified atom stereocenters. The number of rotatable bonds is 1. The summed E-state index contributed by atoms with van der Waals surface area (Å²) in [6.45, 7) is 1.80. The second-order valence-corrected chi connectivity index (χ2v) is 5.15. The Kier molecular flexibility index (Phi) is 1.33. The molecule has 0 radical (unpaired) electrons. The van der Waals surface area contributed by atoms with Crippen LogP contribution >= 0.6 is 0 Å². The summed E-state index contributed by atoms with van der Waals surface area (Å²) in [4.78, 5) is 14.1. The molecule has 2 saturated heterocycles. The van der Waals surface area contributed by atoms with Crippen molar-refractivity contribution >= 4 is 5.78 Å². The van der Waals surface area contributed by atoms with Crippen LogP contribution in [0.3, 0.4) is 0 Å². The molecule has 0 aromatic heterocycles. The molecule has 72 valence electrons. The molecule has 0 amide bonds. The summed E-state index contributed by atoms with van der Waals surface area (Å²) in [6.07, 6.45) is 5.06. The summed E-state index contributed by atoms with van der Waals surface area (Å²) in [5.41, 5.74) is 0.113. The fraction of sp³-hybridized carbons (Fsp3) is 0.909. The Morgan fingerprint density at radius 2 is 2.23 bits per heavy atom. The van der Waals surface area contributed by atoms with Gasteiger partial charge in [-0.25, -0.2) is 0 Å². The van der Waals surface area contributed by atoms with E-state index in [1.807, 2.05) is 0 Å². The average molecular weight is 179 g/mol. The van der Waals surface area contributed by atoms with Crippen molar-refractivity contribution in [3.63, 3.8) is 0 Å². The summed E-state index contributed by atoms with van der Waals surface area (Å²) in [6, 6.07) is 1.39. The second-order valence-electron chi connectivity index (χ2n) is 5.15. The fourth-order valence-electron chi connectivity index (χ4n) is 3.96. The lowest BCUT2D eigenvalue weighted by atomic mass is 9.86. The third-order valence-corrected chi connectivity index (χ3v) is 4.80. The minimum atomic E-state index is 0.113. The van der Waals surface area contributed by atoms with Crippen LogP contribution in [0.5, 0.6) is 0 Å². The smallest absolute Gasteiger partial charge is 0.137 e. The van der Waals surface area contributed by atoms with Gasteiger partial charge in [0.15, 0.2) is 0 Å². The minimum Gasteiger partial charge on any atom is -0.299 e. The highest BCUT2D eigenvalue weighted by molar-refractivity contribution is 5.87. The van der Waals surface area contributed by atoms with Gasteiger partial charge < -0.3 is 0 Å². The number of nitrogens with zero attached hydrogens (tertiary/aromatic N) is 1. The molecule has 2 heterocycles. The standard InChI is InChI=1S/C11H17NO/c1-7(13)11-6-8(11)5-9-3-4-10(11)12(9)2/h8-10H,3-6H2,1-2H3. The maximum Gasteiger partial charge on any atom is 0.137 e. The molecule has 2 bridgehead atoms. The second kappa shape index (κ2) is 2.17. The summed E-state index contributed by atoms with van der Waals surface area (Å²) in [5, 5.41) is 0. The van der Waals surface area contributed by atoms with Gasteiger partial charge in [0, 0.05) is 17.5 Å². The number of hydrogen-bond acceptors (Lipinski definition) is 2. The van der Waals surface area contributed by atoms with E-state index >= 15 is 0 Å². The molecule has 2 heteroatoms. The van der Waals surface area contributed by atoms with Gasteiger partial charge in [-0.15, -0.1) is 0 Å². The van der Waals surface area contributed by atoms with Gasteiger partial charge in [0.1, 0.15) is 5.78 Å². The number of carbonyl (C=O) groups excluding carboxylic acids is 1. The van der Waals surface area contributed by atoms with Gasteiger partial charge in [0.25, 0.3) is 0 Å². The van der Waals surface area contributed by atoms with Crippen LogP contribution < -0.4 is 0 Å². The lowest BCUT2D eigenvalue weighted by Crippen LogP contribution is -2.46. The van der Waals surface area contributed by atoms with Crippen LogP contribution in [0.25, 0.3) is 0 Å². The van der Waals surface area contributed by atoms with Crippen molar-refractivity contribution in [3.8, 4) is 0 Å². The lowest BCUT2D eigenvalue weighted by molar-refractivity contribution is -0.125. The summed E-state index contributed by atoms with van der Waals surface area (Å²) < 4.78 is 0. The number of Topliss-reactive ketones (excluding diaryl/α,β-unsaturated/α-hetero) is 1. The first-order valence-corrected chi connectivity index (χ1v) is 5.39. The van der Waals surface area contributed by atoms with Gasteiger partial charge in [-0.1, -0.05) is 0 Å². The molecule has 1 aliphatic carbocycles. The Balaban J connectivity index is 1.98. The first-order chi connectivity index (χ1) is 6.16. The van der Waals surface area contributed by atoms with E-state index in [-0.39, 0.29) is 5.41 Å². The van der Waals surface area contributed by atoms with Crippen molar-refractivity contribution in [1.82, 2.24) is 4.90 Å². The molecular formula is C11H17NO. The van der Waals surface area contributed by atoms with Gasteiger partial charge >= 0.3 is 0 Å². The highest BCUT2D eigenvalue weighted by Gasteiger charge is 2.68. The zero-order valence-corrected chi connectivity index (χ0v) is 8.42. The molecule has 0 spiro atoms. The van der Waals surface area contributed by atoms with Crippen LogP contribution in [-0.4, -0.2) is 29.8 Å². The Bertz CT molecular complexity index is 275. The van der Waals surface area contributed by atoms with E-state index in [4.69, 9.17) is 0 Å². The Hall–Kier alpha value is -0.370. The Morgan fingerprint density at radius 3 is 2.92 bits per heavy atom.